The van der Waals surface area contributed by atoms with Crippen molar-refractivity contribution in [3.8, 4) is 5.75 Å². The molecule has 0 bridgehead atoms. The van der Waals surface area contributed by atoms with Gasteiger partial charge in [0.2, 0.25) is 0 Å². The molecule has 0 radical (unpaired) electrons. The van der Waals surface area contributed by atoms with Crippen molar-refractivity contribution in [1.82, 2.24) is 4.90 Å². The Morgan fingerprint density at radius 3 is 2.61 bits per heavy atom. The number of hydrogen-bond donors (Lipinski definition) is 1. The molecule has 1 saturated heterocycles. The number of nitrogens with zero attached hydrogens (tertiary/aromatic N) is 2. The summed E-state index contributed by atoms with van der Waals surface area (Å²) in [5.74, 6) is 0.420. The van der Waals surface area contributed by atoms with Crippen LogP contribution >= 0.6 is 0 Å². The molecule has 5 heteroatoms. The SMILES string of the molecule is COc1ccccc1C(=O)Nc1ccc(C)cc1N1CCN(C(C)C)CC1C. The largest absolute Gasteiger partial charge is 0.496 e. The normalized spacial score (nSPS) is 17.6. The molecule has 1 aliphatic rings. The molecule has 1 amide bonds. The third kappa shape index (κ3) is 4.30. The fraction of sp³-hybridized carbons (Fsp3) is 0.435. The van der Waals surface area contributed by atoms with Gasteiger partial charge in [0.05, 0.1) is 24.0 Å². The number of carbonyl (C=O) groups is 1. The van der Waals surface area contributed by atoms with Crippen molar-refractivity contribution in [2.45, 2.75) is 39.8 Å². The number of hydrogen-bond acceptors (Lipinski definition) is 4. The third-order valence-corrected chi connectivity index (χ3v) is 5.45. The topological polar surface area (TPSA) is 44.8 Å². The first-order valence-electron chi connectivity index (χ1n) is 9.96. The second-order valence-corrected chi connectivity index (χ2v) is 7.81. The maximum Gasteiger partial charge on any atom is 0.259 e. The number of benzene rings is 2. The second kappa shape index (κ2) is 8.65. The van der Waals surface area contributed by atoms with E-state index in [9.17, 15) is 4.79 Å². The lowest BCUT2D eigenvalue weighted by molar-refractivity contribution is 0.102. The first-order valence-corrected chi connectivity index (χ1v) is 9.96. The number of nitrogens with one attached hydrogen (secondary N) is 1. The molecule has 1 atom stereocenters. The summed E-state index contributed by atoms with van der Waals surface area (Å²) in [5.41, 5.74) is 3.64. The van der Waals surface area contributed by atoms with E-state index in [1.165, 1.54) is 5.56 Å². The number of rotatable bonds is 5. The standard InChI is InChI=1S/C23H31N3O2/c1-16(2)25-12-13-26(18(4)15-25)21-14-17(3)10-11-20(21)24-23(27)19-8-6-7-9-22(19)28-5/h6-11,14,16,18H,12-13,15H2,1-5H3,(H,24,27). The van der Waals surface area contributed by atoms with Crippen LogP contribution in [0.1, 0.15) is 36.7 Å². The van der Waals surface area contributed by atoms with Crippen molar-refractivity contribution in [3.05, 3.63) is 53.6 Å². The van der Waals surface area contributed by atoms with Crippen molar-refractivity contribution in [3.63, 3.8) is 0 Å². The van der Waals surface area contributed by atoms with Gasteiger partial charge in [0, 0.05) is 31.7 Å². The van der Waals surface area contributed by atoms with Crippen molar-refractivity contribution in [1.29, 1.82) is 0 Å². The first kappa shape index (κ1) is 20.2. The highest BCUT2D eigenvalue weighted by Gasteiger charge is 2.27. The van der Waals surface area contributed by atoms with E-state index in [0.29, 0.717) is 23.4 Å². The molecule has 150 valence electrons. The van der Waals surface area contributed by atoms with E-state index in [4.69, 9.17) is 4.74 Å². The van der Waals surface area contributed by atoms with Gasteiger partial charge < -0.3 is 15.0 Å². The van der Waals surface area contributed by atoms with Gasteiger partial charge in [-0.1, -0.05) is 18.2 Å². The van der Waals surface area contributed by atoms with Crippen LogP contribution in [-0.2, 0) is 0 Å². The quantitative estimate of drug-likeness (QED) is 0.844. The Kier molecular flexibility index (Phi) is 6.25. The van der Waals surface area contributed by atoms with Crippen LogP contribution in [0.15, 0.2) is 42.5 Å². The number of anilines is 2. The number of methoxy groups -OCH3 is 1. The van der Waals surface area contributed by atoms with Gasteiger partial charge in [-0.2, -0.15) is 0 Å². The Morgan fingerprint density at radius 2 is 1.93 bits per heavy atom. The summed E-state index contributed by atoms with van der Waals surface area (Å²) in [5, 5.41) is 3.11. The molecule has 1 unspecified atom stereocenters. The Balaban J connectivity index is 1.86. The first-order chi connectivity index (χ1) is 13.4. The van der Waals surface area contributed by atoms with Gasteiger partial charge >= 0.3 is 0 Å². The number of carbonyl (C=O) groups excluding carboxylic acids is 1. The van der Waals surface area contributed by atoms with E-state index in [2.05, 4.69) is 48.9 Å². The third-order valence-electron chi connectivity index (χ3n) is 5.45. The lowest BCUT2D eigenvalue weighted by Crippen LogP contribution is -2.54. The lowest BCUT2D eigenvalue weighted by Gasteiger charge is -2.43. The van der Waals surface area contributed by atoms with Crippen molar-refractivity contribution in [2.75, 3.05) is 37.0 Å². The summed E-state index contributed by atoms with van der Waals surface area (Å²) in [6.07, 6.45) is 0. The van der Waals surface area contributed by atoms with Crippen molar-refractivity contribution < 1.29 is 9.53 Å². The zero-order valence-electron chi connectivity index (χ0n) is 17.5. The van der Waals surface area contributed by atoms with Crippen LogP contribution < -0.4 is 15.0 Å². The van der Waals surface area contributed by atoms with Gasteiger partial charge in [0.1, 0.15) is 5.75 Å². The van der Waals surface area contributed by atoms with Gasteiger partial charge in [-0.25, -0.2) is 0 Å². The Labute approximate surface area is 168 Å². The lowest BCUT2D eigenvalue weighted by atomic mass is 10.1. The maximum atomic E-state index is 12.9. The smallest absolute Gasteiger partial charge is 0.259 e. The molecule has 28 heavy (non-hydrogen) atoms. The van der Waals surface area contributed by atoms with E-state index in [1.54, 1.807) is 19.2 Å². The fourth-order valence-electron chi connectivity index (χ4n) is 3.82. The molecule has 1 heterocycles. The predicted molar refractivity (Wildman–Crippen MR) is 116 cm³/mol. The Hall–Kier alpha value is -2.53. The summed E-state index contributed by atoms with van der Waals surface area (Å²) < 4.78 is 5.34. The molecule has 3 rings (SSSR count). The average molecular weight is 382 g/mol. The average Bonchev–Trinajstić information content (AvgIpc) is 2.69. The number of ether oxygens (including phenoxy) is 1. The minimum atomic E-state index is -0.156. The number of piperazine rings is 1. The van der Waals surface area contributed by atoms with E-state index in [-0.39, 0.29) is 5.91 Å². The zero-order valence-corrected chi connectivity index (χ0v) is 17.5. The van der Waals surface area contributed by atoms with Gasteiger partial charge in [-0.05, 0) is 57.5 Å². The summed E-state index contributed by atoms with van der Waals surface area (Å²) in [7, 11) is 1.58. The van der Waals surface area contributed by atoms with Crippen LogP contribution in [0.3, 0.4) is 0 Å². The van der Waals surface area contributed by atoms with E-state index in [1.807, 2.05) is 24.3 Å². The molecular weight excluding hydrogens is 350 g/mol. The highest BCUT2D eigenvalue weighted by Crippen LogP contribution is 2.31. The molecule has 5 nitrogen and oxygen atoms in total. The van der Waals surface area contributed by atoms with Gasteiger partial charge in [0.15, 0.2) is 0 Å². The zero-order chi connectivity index (χ0) is 20.3. The minimum absolute atomic E-state index is 0.156. The summed E-state index contributed by atoms with van der Waals surface area (Å²) >= 11 is 0. The highest BCUT2D eigenvalue weighted by atomic mass is 16.5. The summed E-state index contributed by atoms with van der Waals surface area (Å²) in [6, 6.07) is 14.4. The molecule has 0 spiro atoms. The highest BCUT2D eigenvalue weighted by molar-refractivity contribution is 6.07. The molecule has 0 aliphatic carbocycles. The molecule has 0 saturated carbocycles. The Morgan fingerprint density at radius 1 is 1.18 bits per heavy atom. The number of para-hydroxylation sites is 1. The van der Waals surface area contributed by atoms with Crippen LogP contribution in [0.2, 0.25) is 0 Å². The van der Waals surface area contributed by atoms with E-state index in [0.717, 1.165) is 31.0 Å². The molecular formula is C23H31N3O2. The van der Waals surface area contributed by atoms with Crippen LogP contribution in [0.5, 0.6) is 5.75 Å². The van der Waals surface area contributed by atoms with E-state index < -0.39 is 0 Å². The van der Waals surface area contributed by atoms with Crippen molar-refractivity contribution in [2.24, 2.45) is 0 Å². The van der Waals surface area contributed by atoms with Crippen molar-refractivity contribution >= 4 is 17.3 Å². The molecule has 1 N–H and O–H groups in total. The fourth-order valence-corrected chi connectivity index (χ4v) is 3.82. The molecule has 1 aliphatic heterocycles. The van der Waals surface area contributed by atoms with Gasteiger partial charge in [0.25, 0.3) is 5.91 Å². The molecule has 1 fully saturated rings. The monoisotopic (exact) mass is 381 g/mol. The predicted octanol–water partition coefficient (Wildman–Crippen LogP) is 4.17. The second-order valence-electron chi connectivity index (χ2n) is 7.81. The van der Waals surface area contributed by atoms with Crippen LogP contribution in [-0.4, -0.2) is 49.6 Å². The maximum absolute atomic E-state index is 12.9. The van der Waals surface area contributed by atoms with Gasteiger partial charge in [-0.3, -0.25) is 9.69 Å². The van der Waals surface area contributed by atoms with Gasteiger partial charge in [-0.15, -0.1) is 0 Å². The molecule has 2 aromatic rings. The Bertz CT molecular complexity index is 834. The van der Waals surface area contributed by atoms with E-state index >= 15 is 0 Å². The minimum Gasteiger partial charge on any atom is -0.496 e. The summed E-state index contributed by atoms with van der Waals surface area (Å²) in [4.78, 5) is 17.8. The van der Waals surface area contributed by atoms with Crippen LogP contribution in [0.4, 0.5) is 11.4 Å². The number of aryl methyl sites for hydroxylation is 1. The molecule has 0 aromatic heterocycles. The molecule has 2 aromatic carbocycles. The van der Waals surface area contributed by atoms with Crippen LogP contribution in [0, 0.1) is 6.92 Å². The summed E-state index contributed by atoms with van der Waals surface area (Å²) in [6.45, 7) is 11.8. The number of amides is 1. The van der Waals surface area contributed by atoms with Crippen LogP contribution in [0.25, 0.3) is 0 Å².